The maximum Gasteiger partial charge on any atom is 0.109 e. The molecule has 0 radical (unpaired) electrons. The van der Waals surface area contributed by atoms with Crippen molar-refractivity contribution in [3.05, 3.63) is 16.1 Å². The molecule has 1 heterocycles. The largest absolute Gasteiger partial charge is 0.322 e. The van der Waals surface area contributed by atoms with Crippen LogP contribution in [0.4, 0.5) is 0 Å². The Hall–Kier alpha value is -0.450. The van der Waals surface area contributed by atoms with Gasteiger partial charge in [0.05, 0.1) is 11.7 Å². The van der Waals surface area contributed by atoms with E-state index in [2.05, 4.69) is 29.5 Å². The molecule has 4 heteroatoms. The van der Waals surface area contributed by atoms with Crippen LogP contribution in [0.2, 0.25) is 0 Å². The summed E-state index contributed by atoms with van der Waals surface area (Å²) in [5.41, 5.74) is 6.80. The highest BCUT2D eigenvalue weighted by molar-refractivity contribution is 7.09. The van der Waals surface area contributed by atoms with Gasteiger partial charge >= 0.3 is 0 Å². The zero-order valence-electron chi connectivity index (χ0n) is 8.37. The van der Waals surface area contributed by atoms with Crippen LogP contribution in [0.25, 0.3) is 0 Å². The molecule has 3 N–H and O–H groups in total. The normalized spacial score (nSPS) is 13.6. The van der Waals surface area contributed by atoms with Crippen LogP contribution in [-0.2, 0) is 6.54 Å². The first-order valence-electron chi connectivity index (χ1n) is 4.53. The molecule has 0 bridgehead atoms. The molecule has 0 aliphatic carbocycles. The minimum absolute atomic E-state index is 0.0535. The van der Waals surface area contributed by atoms with Crippen LogP contribution in [-0.4, -0.2) is 11.0 Å². The topological polar surface area (TPSA) is 50.9 Å². The van der Waals surface area contributed by atoms with Crippen LogP contribution in [0, 0.1) is 0 Å². The summed E-state index contributed by atoms with van der Waals surface area (Å²) in [6.07, 6.45) is 0. The molecule has 0 spiro atoms. The van der Waals surface area contributed by atoms with Gasteiger partial charge in [-0.15, -0.1) is 11.3 Å². The summed E-state index contributed by atoms with van der Waals surface area (Å²) in [5.74, 6) is 0. The van der Waals surface area contributed by atoms with Crippen molar-refractivity contribution in [2.75, 3.05) is 0 Å². The standard InChI is InChI=1S/C9H17N3S/c1-6(2)11-4-8-5-13-9(12-8)7(3)10/h5-7,11H,4,10H2,1-3H3. The lowest BCUT2D eigenvalue weighted by Gasteiger charge is -2.04. The molecule has 0 saturated carbocycles. The summed E-state index contributed by atoms with van der Waals surface area (Å²) in [7, 11) is 0. The van der Waals surface area contributed by atoms with Crippen molar-refractivity contribution < 1.29 is 0 Å². The number of nitrogens with two attached hydrogens (primary N) is 1. The summed E-state index contributed by atoms with van der Waals surface area (Å²) >= 11 is 1.63. The second-order valence-electron chi connectivity index (χ2n) is 3.50. The van der Waals surface area contributed by atoms with Crippen molar-refractivity contribution >= 4 is 11.3 Å². The van der Waals surface area contributed by atoms with E-state index in [1.165, 1.54) is 0 Å². The second kappa shape index (κ2) is 4.69. The zero-order chi connectivity index (χ0) is 9.84. The highest BCUT2D eigenvalue weighted by Crippen LogP contribution is 2.15. The van der Waals surface area contributed by atoms with Gasteiger partial charge < -0.3 is 11.1 Å². The van der Waals surface area contributed by atoms with Crippen molar-refractivity contribution in [1.82, 2.24) is 10.3 Å². The number of rotatable bonds is 4. The molecule has 1 aromatic rings. The molecular formula is C9H17N3S. The van der Waals surface area contributed by atoms with Gasteiger partial charge in [0.1, 0.15) is 5.01 Å². The molecule has 13 heavy (non-hydrogen) atoms. The highest BCUT2D eigenvalue weighted by Gasteiger charge is 2.05. The average Bonchev–Trinajstić information content (AvgIpc) is 2.48. The summed E-state index contributed by atoms with van der Waals surface area (Å²) in [5, 5.41) is 6.40. The zero-order valence-corrected chi connectivity index (χ0v) is 9.19. The Morgan fingerprint density at radius 1 is 1.54 bits per heavy atom. The van der Waals surface area contributed by atoms with Gasteiger partial charge in [-0.25, -0.2) is 4.98 Å². The molecule has 0 amide bonds. The van der Waals surface area contributed by atoms with Gasteiger partial charge in [-0.05, 0) is 6.92 Å². The number of hydrogen-bond donors (Lipinski definition) is 2. The van der Waals surface area contributed by atoms with Crippen molar-refractivity contribution in [3.63, 3.8) is 0 Å². The van der Waals surface area contributed by atoms with E-state index in [-0.39, 0.29) is 6.04 Å². The van der Waals surface area contributed by atoms with Gasteiger partial charge in [-0.1, -0.05) is 13.8 Å². The predicted molar refractivity (Wildman–Crippen MR) is 56.7 cm³/mol. The SMILES string of the molecule is CC(C)NCc1csc(C(C)N)n1. The number of hydrogen-bond acceptors (Lipinski definition) is 4. The molecule has 0 aliphatic heterocycles. The number of nitrogens with one attached hydrogen (secondary N) is 1. The Morgan fingerprint density at radius 2 is 2.23 bits per heavy atom. The summed E-state index contributed by atoms with van der Waals surface area (Å²) < 4.78 is 0. The van der Waals surface area contributed by atoms with Crippen molar-refractivity contribution in [3.8, 4) is 0 Å². The first-order valence-corrected chi connectivity index (χ1v) is 5.41. The summed E-state index contributed by atoms with van der Waals surface area (Å²) in [4.78, 5) is 4.41. The molecule has 1 atom stereocenters. The minimum atomic E-state index is 0.0535. The Kier molecular flexibility index (Phi) is 3.84. The molecule has 1 aromatic heterocycles. The molecule has 0 aromatic carbocycles. The van der Waals surface area contributed by atoms with E-state index in [1.807, 2.05) is 6.92 Å². The fraction of sp³-hybridized carbons (Fsp3) is 0.667. The molecule has 0 fully saturated rings. The Morgan fingerprint density at radius 3 is 2.69 bits per heavy atom. The highest BCUT2D eigenvalue weighted by atomic mass is 32.1. The van der Waals surface area contributed by atoms with Gasteiger partial charge in [0.2, 0.25) is 0 Å². The monoisotopic (exact) mass is 199 g/mol. The van der Waals surface area contributed by atoms with E-state index in [1.54, 1.807) is 11.3 Å². The Bertz CT molecular complexity index is 255. The molecule has 74 valence electrons. The molecule has 1 unspecified atom stereocenters. The van der Waals surface area contributed by atoms with Gasteiger partial charge in [0, 0.05) is 18.0 Å². The van der Waals surface area contributed by atoms with Crippen LogP contribution in [0.3, 0.4) is 0 Å². The predicted octanol–water partition coefficient (Wildman–Crippen LogP) is 1.66. The molecule has 3 nitrogen and oxygen atoms in total. The lowest BCUT2D eigenvalue weighted by atomic mass is 10.3. The quantitative estimate of drug-likeness (QED) is 0.775. The van der Waals surface area contributed by atoms with E-state index in [4.69, 9.17) is 5.73 Å². The third kappa shape index (κ3) is 3.42. The van der Waals surface area contributed by atoms with E-state index in [0.29, 0.717) is 6.04 Å². The lowest BCUT2D eigenvalue weighted by Crippen LogP contribution is -2.22. The molecule has 0 saturated heterocycles. The Labute approximate surface area is 83.4 Å². The minimum Gasteiger partial charge on any atom is -0.322 e. The number of aromatic nitrogens is 1. The second-order valence-corrected chi connectivity index (χ2v) is 4.39. The number of nitrogens with zero attached hydrogens (tertiary/aromatic N) is 1. The van der Waals surface area contributed by atoms with Crippen LogP contribution < -0.4 is 11.1 Å². The summed E-state index contributed by atoms with van der Waals surface area (Å²) in [6.45, 7) is 7.04. The molecule has 1 rings (SSSR count). The van der Waals surface area contributed by atoms with Crippen molar-refractivity contribution in [1.29, 1.82) is 0 Å². The van der Waals surface area contributed by atoms with E-state index < -0.39 is 0 Å². The third-order valence-electron chi connectivity index (χ3n) is 1.65. The van der Waals surface area contributed by atoms with Crippen molar-refractivity contribution in [2.45, 2.75) is 39.4 Å². The van der Waals surface area contributed by atoms with Gasteiger partial charge in [0.25, 0.3) is 0 Å². The van der Waals surface area contributed by atoms with Crippen LogP contribution in [0.1, 0.15) is 37.5 Å². The lowest BCUT2D eigenvalue weighted by molar-refractivity contribution is 0.581. The Balaban J connectivity index is 2.49. The van der Waals surface area contributed by atoms with Crippen LogP contribution in [0.5, 0.6) is 0 Å². The maximum absolute atomic E-state index is 5.71. The van der Waals surface area contributed by atoms with Gasteiger partial charge in [-0.2, -0.15) is 0 Å². The van der Waals surface area contributed by atoms with Crippen molar-refractivity contribution in [2.24, 2.45) is 5.73 Å². The third-order valence-corrected chi connectivity index (χ3v) is 2.74. The summed E-state index contributed by atoms with van der Waals surface area (Å²) in [6, 6.07) is 0.554. The van der Waals surface area contributed by atoms with Gasteiger partial charge in [-0.3, -0.25) is 0 Å². The average molecular weight is 199 g/mol. The van der Waals surface area contributed by atoms with Crippen LogP contribution in [0.15, 0.2) is 5.38 Å². The van der Waals surface area contributed by atoms with E-state index in [0.717, 1.165) is 17.2 Å². The fourth-order valence-corrected chi connectivity index (χ4v) is 1.70. The molecular weight excluding hydrogens is 182 g/mol. The number of thiazole rings is 1. The first-order chi connectivity index (χ1) is 6.09. The molecule has 0 aliphatic rings. The van der Waals surface area contributed by atoms with Crippen LogP contribution >= 0.6 is 11.3 Å². The van der Waals surface area contributed by atoms with Gasteiger partial charge in [0.15, 0.2) is 0 Å². The first kappa shape index (κ1) is 10.6. The maximum atomic E-state index is 5.71. The fourth-order valence-electron chi connectivity index (χ4n) is 0.922. The van der Waals surface area contributed by atoms with E-state index >= 15 is 0 Å². The van der Waals surface area contributed by atoms with E-state index in [9.17, 15) is 0 Å². The smallest absolute Gasteiger partial charge is 0.109 e.